The average molecular weight is 473 g/mol. The minimum absolute atomic E-state index is 0.134. The molecule has 7 atom stereocenters. The zero-order valence-electron chi connectivity index (χ0n) is 20.1. The minimum Gasteiger partial charge on any atom is -0.393 e. The molecule has 0 aromatic heterocycles. The van der Waals surface area contributed by atoms with Crippen LogP contribution >= 0.6 is 0 Å². The predicted molar refractivity (Wildman–Crippen MR) is 131 cm³/mol. The first-order chi connectivity index (χ1) is 15.6. The van der Waals surface area contributed by atoms with Gasteiger partial charge in [-0.2, -0.15) is 0 Å². The molecule has 0 heterocycles. The van der Waals surface area contributed by atoms with E-state index in [-0.39, 0.29) is 11.0 Å². The van der Waals surface area contributed by atoms with E-state index in [1.54, 1.807) is 17.7 Å². The van der Waals surface area contributed by atoms with Gasteiger partial charge in [0.1, 0.15) is 0 Å². The van der Waals surface area contributed by atoms with Gasteiger partial charge in [-0.1, -0.05) is 37.6 Å². The van der Waals surface area contributed by atoms with Gasteiger partial charge in [0.15, 0.2) is 0 Å². The first kappa shape index (κ1) is 23.5. The van der Waals surface area contributed by atoms with E-state index in [0.717, 1.165) is 55.5 Å². The first-order valence-corrected chi connectivity index (χ1v) is 14.4. The molecular weight excluding hydrogens is 432 g/mol. The fourth-order valence-electron chi connectivity index (χ4n) is 8.21. The van der Waals surface area contributed by atoms with Crippen LogP contribution in [0.5, 0.6) is 0 Å². The van der Waals surface area contributed by atoms with Crippen molar-refractivity contribution in [2.24, 2.45) is 33.7 Å². The Balaban J connectivity index is 1.23. The number of hydrogen-bond donors (Lipinski definition) is 3. The summed E-state index contributed by atoms with van der Waals surface area (Å²) in [6, 6.07) is 7.51. The number of rotatable bonds is 5. The summed E-state index contributed by atoms with van der Waals surface area (Å²) in [4.78, 5) is 0.174. The van der Waals surface area contributed by atoms with Crippen LogP contribution in [0.2, 0.25) is 0 Å². The van der Waals surface area contributed by atoms with Crippen LogP contribution in [0.4, 0.5) is 0 Å². The van der Waals surface area contributed by atoms with Gasteiger partial charge < -0.3 is 10.4 Å². The number of sulfonamides is 1. The summed E-state index contributed by atoms with van der Waals surface area (Å²) in [7, 11) is -3.63. The number of nitrogens with one attached hydrogen (secondary N) is 1. The summed E-state index contributed by atoms with van der Waals surface area (Å²) in [6.45, 7) is 5.94. The van der Waals surface area contributed by atoms with Crippen LogP contribution in [0.1, 0.15) is 70.8 Å². The number of allylic oxidation sites excluding steroid dienone is 1. The summed E-state index contributed by atoms with van der Waals surface area (Å²) < 4.78 is 22.9. The number of aliphatic hydroxyl groups excluding tert-OH is 1. The van der Waals surface area contributed by atoms with Gasteiger partial charge in [-0.15, -0.1) is 0 Å². The lowest BCUT2D eigenvalue weighted by molar-refractivity contribution is -0.0432. The highest BCUT2D eigenvalue weighted by Crippen LogP contribution is 2.64. The fourth-order valence-corrected chi connectivity index (χ4v) is 8.73. The lowest BCUT2D eigenvalue weighted by Gasteiger charge is -2.58. The van der Waals surface area contributed by atoms with Gasteiger partial charge >= 0.3 is 0 Å². The molecule has 0 aliphatic heterocycles. The SMILES string of the molecule is C[C@]12CCC(O)CC1=CC[C@@H]1[C@H]2CC[C@]2(C)C(NCCc3ccc(S(N)(=O)=O)cc3)CC[C@@H]12. The summed E-state index contributed by atoms with van der Waals surface area (Å²) in [5.41, 5.74) is 3.34. The molecule has 1 aromatic carbocycles. The van der Waals surface area contributed by atoms with E-state index in [4.69, 9.17) is 5.14 Å². The lowest BCUT2D eigenvalue weighted by Crippen LogP contribution is -2.53. The fraction of sp³-hybridized carbons (Fsp3) is 0.704. The molecule has 33 heavy (non-hydrogen) atoms. The Hall–Kier alpha value is -1.21. The van der Waals surface area contributed by atoms with Crippen LogP contribution in [0.3, 0.4) is 0 Å². The second-order valence-corrected chi connectivity index (χ2v) is 13.3. The van der Waals surface area contributed by atoms with E-state index in [1.807, 2.05) is 12.1 Å². The Labute approximate surface area is 199 Å². The van der Waals surface area contributed by atoms with Gasteiger partial charge in [0.2, 0.25) is 10.0 Å². The zero-order chi connectivity index (χ0) is 23.4. The first-order valence-electron chi connectivity index (χ1n) is 12.8. The molecule has 0 spiro atoms. The maximum atomic E-state index is 11.5. The molecule has 0 amide bonds. The van der Waals surface area contributed by atoms with Crippen molar-refractivity contribution in [2.75, 3.05) is 6.54 Å². The number of fused-ring (bicyclic) bond motifs is 5. The highest BCUT2D eigenvalue weighted by Gasteiger charge is 2.58. The van der Waals surface area contributed by atoms with E-state index in [1.165, 1.54) is 32.1 Å². The van der Waals surface area contributed by atoms with E-state index < -0.39 is 10.0 Å². The van der Waals surface area contributed by atoms with E-state index in [0.29, 0.717) is 16.9 Å². The van der Waals surface area contributed by atoms with Gasteiger partial charge in [0.05, 0.1) is 11.0 Å². The number of aliphatic hydroxyl groups is 1. The standard InChI is InChI=1S/C27H40N2O3S/c1-26-14-11-20(30)17-19(26)5-8-22-23-9-10-25(27(23,2)15-12-24(22)26)29-16-13-18-3-6-21(7-4-18)33(28,31)32/h3-7,20,22-25,29-30H,8-17H2,1-2H3,(H2,28,31,32)/t20?,22-,23-,24+,25?,26-,27-/m0/s1. The third-order valence-corrected chi connectivity index (χ3v) is 11.1. The normalized spacial score (nSPS) is 40.5. The number of benzene rings is 1. The van der Waals surface area contributed by atoms with Crippen molar-refractivity contribution in [3.63, 3.8) is 0 Å². The molecule has 5 nitrogen and oxygen atoms in total. The molecule has 1 aromatic rings. The van der Waals surface area contributed by atoms with Gasteiger partial charge in [-0.05, 0) is 111 Å². The Morgan fingerprint density at radius 3 is 2.55 bits per heavy atom. The molecular formula is C27H40N2O3S. The molecule has 4 aliphatic carbocycles. The van der Waals surface area contributed by atoms with Gasteiger partial charge in [-0.25, -0.2) is 13.6 Å². The number of primary sulfonamides is 1. The maximum absolute atomic E-state index is 11.5. The van der Waals surface area contributed by atoms with Crippen molar-refractivity contribution < 1.29 is 13.5 Å². The maximum Gasteiger partial charge on any atom is 0.238 e. The monoisotopic (exact) mass is 472 g/mol. The lowest BCUT2D eigenvalue weighted by atomic mass is 9.48. The van der Waals surface area contributed by atoms with Crippen molar-refractivity contribution in [3.05, 3.63) is 41.5 Å². The quantitative estimate of drug-likeness (QED) is 0.561. The molecule has 6 heteroatoms. The molecule has 4 aliphatic rings. The molecule has 182 valence electrons. The Kier molecular flexibility index (Phi) is 6.04. The van der Waals surface area contributed by atoms with Gasteiger partial charge in [0, 0.05) is 6.04 Å². The van der Waals surface area contributed by atoms with Gasteiger partial charge in [-0.3, -0.25) is 0 Å². The summed E-state index contributed by atoms with van der Waals surface area (Å²) in [5, 5.41) is 19.3. The Morgan fingerprint density at radius 2 is 1.82 bits per heavy atom. The smallest absolute Gasteiger partial charge is 0.238 e. The zero-order valence-corrected chi connectivity index (χ0v) is 20.9. The van der Waals surface area contributed by atoms with Crippen LogP contribution in [-0.4, -0.2) is 32.2 Å². The third-order valence-electron chi connectivity index (χ3n) is 10.1. The van der Waals surface area contributed by atoms with Crippen LogP contribution in [0, 0.1) is 28.6 Å². The largest absolute Gasteiger partial charge is 0.393 e. The second kappa shape index (κ2) is 8.47. The van der Waals surface area contributed by atoms with Crippen molar-refractivity contribution >= 4 is 10.0 Å². The Morgan fingerprint density at radius 1 is 1.06 bits per heavy atom. The number of hydrogen-bond acceptors (Lipinski definition) is 4. The van der Waals surface area contributed by atoms with E-state index in [2.05, 4.69) is 25.2 Å². The summed E-state index contributed by atoms with van der Waals surface area (Å²) in [5.74, 6) is 2.34. The van der Waals surface area contributed by atoms with E-state index >= 15 is 0 Å². The van der Waals surface area contributed by atoms with Crippen molar-refractivity contribution in [2.45, 2.75) is 88.7 Å². The van der Waals surface area contributed by atoms with Crippen LogP contribution < -0.4 is 10.5 Å². The summed E-state index contributed by atoms with van der Waals surface area (Å²) in [6.07, 6.45) is 12.7. The van der Waals surface area contributed by atoms with Crippen LogP contribution in [0.25, 0.3) is 0 Å². The molecule has 4 N–H and O–H groups in total. The highest BCUT2D eigenvalue weighted by atomic mass is 32.2. The van der Waals surface area contributed by atoms with Crippen LogP contribution in [0.15, 0.2) is 40.8 Å². The van der Waals surface area contributed by atoms with Crippen molar-refractivity contribution in [3.8, 4) is 0 Å². The van der Waals surface area contributed by atoms with Crippen LogP contribution in [-0.2, 0) is 16.4 Å². The molecule has 5 rings (SSSR count). The summed E-state index contributed by atoms with van der Waals surface area (Å²) >= 11 is 0. The minimum atomic E-state index is -3.63. The highest BCUT2D eigenvalue weighted by molar-refractivity contribution is 7.89. The van der Waals surface area contributed by atoms with Crippen molar-refractivity contribution in [1.82, 2.24) is 5.32 Å². The predicted octanol–water partition coefficient (Wildman–Crippen LogP) is 4.16. The third kappa shape index (κ3) is 4.11. The number of nitrogens with two attached hydrogens (primary N) is 1. The van der Waals surface area contributed by atoms with Crippen molar-refractivity contribution in [1.29, 1.82) is 0 Å². The Bertz CT molecular complexity index is 1020. The van der Waals surface area contributed by atoms with Gasteiger partial charge in [0.25, 0.3) is 0 Å². The molecule has 3 saturated carbocycles. The molecule has 3 fully saturated rings. The van der Waals surface area contributed by atoms with E-state index in [9.17, 15) is 13.5 Å². The topological polar surface area (TPSA) is 92.4 Å². The molecule has 0 saturated heterocycles. The average Bonchev–Trinajstić information content (AvgIpc) is 3.10. The molecule has 0 radical (unpaired) electrons. The second-order valence-electron chi connectivity index (χ2n) is 11.7. The molecule has 0 bridgehead atoms. The molecule has 2 unspecified atom stereocenters.